The van der Waals surface area contributed by atoms with Gasteiger partial charge in [-0.25, -0.2) is 0 Å². The standard InChI is InChI=1S/C18H29N3/c1-4-13(2)18-10-20-17(15-7-8-15)12-21(18)11-16-14(3)6-5-9-19-16/h5-6,9,13,15,17-18,20H,4,7-8,10-12H2,1-3H3. The van der Waals surface area contributed by atoms with Crippen molar-refractivity contribution >= 4 is 0 Å². The molecule has 116 valence electrons. The average Bonchev–Trinajstić information content (AvgIpc) is 3.33. The van der Waals surface area contributed by atoms with Crippen LogP contribution in [0, 0.1) is 18.8 Å². The summed E-state index contributed by atoms with van der Waals surface area (Å²) in [6.45, 7) is 10.2. The Balaban J connectivity index is 1.74. The molecule has 2 fully saturated rings. The molecule has 0 bridgehead atoms. The lowest BCUT2D eigenvalue weighted by atomic mass is 9.93. The second kappa shape index (κ2) is 6.45. The topological polar surface area (TPSA) is 28.2 Å². The van der Waals surface area contributed by atoms with E-state index in [0.717, 1.165) is 24.9 Å². The van der Waals surface area contributed by atoms with Crippen LogP contribution in [0.2, 0.25) is 0 Å². The molecule has 3 heteroatoms. The van der Waals surface area contributed by atoms with Crippen molar-refractivity contribution in [3.63, 3.8) is 0 Å². The van der Waals surface area contributed by atoms with Crippen molar-refractivity contribution in [2.45, 2.75) is 58.7 Å². The summed E-state index contributed by atoms with van der Waals surface area (Å²) in [5, 5.41) is 3.81. The molecule has 1 aliphatic heterocycles. The molecule has 0 spiro atoms. The third-order valence-electron chi connectivity index (χ3n) is 5.45. The molecule has 1 N–H and O–H groups in total. The molecular formula is C18H29N3. The van der Waals surface area contributed by atoms with E-state index in [2.05, 4.69) is 42.0 Å². The van der Waals surface area contributed by atoms with E-state index in [4.69, 9.17) is 0 Å². The van der Waals surface area contributed by atoms with Crippen LogP contribution in [-0.2, 0) is 6.54 Å². The summed E-state index contributed by atoms with van der Waals surface area (Å²) >= 11 is 0. The molecule has 1 aliphatic carbocycles. The van der Waals surface area contributed by atoms with E-state index < -0.39 is 0 Å². The van der Waals surface area contributed by atoms with Gasteiger partial charge in [-0.15, -0.1) is 0 Å². The predicted molar refractivity (Wildman–Crippen MR) is 87.1 cm³/mol. The molecule has 1 saturated heterocycles. The fourth-order valence-electron chi connectivity index (χ4n) is 3.56. The van der Waals surface area contributed by atoms with Crippen molar-refractivity contribution in [3.05, 3.63) is 29.6 Å². The Morgan fingerprint density at radius 1 is 1.43 bits per heavy atom. The van der Waals surface area contributed by atoms with Gasteiger partial charge in [0.25, 0.3) is 0 Å². The number of pyridine rings is 1. The van der Waals surface area contributed by atoms with Crippen molar-refractivity contribution in [2.24, 2.45) is 11.8 Å². The number of aryl methyl sites for hydroxylation is 1. The molecule has 3 unspecified atom stereocenters. The molecular weight excluding hydrogens is 258 g/mol. The molecule has 21 heavy (non-hydrogen) atoms. The lowest BCUT2D eigenvalue weighted by Crippen LogP contribution is -2.58. The summed E-state index contributed by atoms with van der Waals surface area (Å²) in [5.41, 5.74) is 2.57. The SMILES string of the molecule is CCC(C)C1CNC(C2CC2)CN1Cc1ncccc1C. The highest BCUT2D eigenvalue weighted by Gasteiger charge is 2.38. The van der Waals surface area contributed by atoms with Crippen LogP contribution in [0.4, 0.5) is 0 Å². The average molecular weight is 287 g/mol. The molecule has 0 aromatic carbocycles. The highest BCUT2D eigenvalue weighted by atomic mass is 15.2. The van der Waals surface area contributed by atoms with Gasteiger partial charge >= 0.3 is 0 Å². The van der Waals surface area contributed by atoms with Crippen LogP contribution in [0.3, 0.4) is 0 Å². The molecule has 3 rings (SSSR count). The lowest BCUT2D eigenvalue weighted by molar-refractivity contribution is 0.0774. The van der Waals surface area contributed by atoms with Crippen molar-refractivity contribution in [2.75, 3.05) is 13.1 Å². The Morgan fingerprint density at radius 3 is 2.90 bits per heavy atom. The van der Waals surface area contributed by atoms with E-state index in [1.54, 1.807) is 0 Å². The van der Waals surface area contributed by atoms with Crippen LogP contribution < -0.4 is 5.32 Å². The maximum Gasteiger partial charge on any atom is 0.0573 e. The first-order valence-electron chi connectivity index (χ1n) is 8.57. The Bertz CT molecular complexity index is 469. The van der Waals surface area contributed by atoms with E-state index in [1.165, 1.54) is 37.1 Å². The Labute approximate surface area is 129 Å². The zero-order valence-corrected chi connectivity index (χ0v) is 13.7. The number of aromatic nitrogens is 1. The third kappa shape index (κ3) is 3.46. The number of hydrogen-bond acceptors (Lipinski definition) is 3. The lowest BCUT2D eigenvalue weighted by Gasteiger charge is -2.43. The molecule has 2 heterocycles. The number of rotatable bonds is 5. The molecule has 3 nitrogen and oxygen atoms in total. The second-order valence-electron chi connectivity index (χ2n) is 7.00. The van der Waals surface area contributed by atoms with E-state index in [0.29, 0.717) is 12.1 Å². The minimum atomic E-state index is 0.645. The Morgan fingerprint density at radius 2 is 2.24 bits per heavy atom. The van der Waals surface area contributed by atoms with Crippen LogP contribution in [0.15, 0.2) is 18.3 Å². The predicted octanol–water partition coefficient (Wildman–Crippen LogP) is 2.99. The highest BCUT2D eigenvalue weighted by molar-refractivity contribution is 5.18. The minimum absolute atomic E-state index is 0.645. The Kier molecular flexibility index (Phi) is 4.60. The van der Waals surface area contributed by atoms with Crippen molar-refractivity contribution < 1.29 is 0 Å². The van der Waals surface area contributed by atoms with Crippen molar-refractivity contribution in [3.8, 4) is 0 Å². The largest absolute Gasteiger partial charge is 0.311 e. The van der Waals surface area contributed by atoms with Gasteiger partial charge in [0.2, 0.25) is 0 Å². The fraction of sp³-hybridized carbons (Fsp3) is 0.722. The van der Waals surface area contributed by atoms with Crippen LogP contribution >= 0.6 is 0 Å². The smallest absolute Gasteiger partial charge is 0.0573 e. The molecule has 0 radical (unpaired) electrons. The summed E-state index contributed by atoms with van der Waals surface area (Å²) in [7, 11) is 0. The minimum Gasteiger partial charge on any atom is -0.311 e. The van der Waals surface area contributed by atoms with Gasteiger partial charge in [-0.05, 0) is 43.2 Å². The van der Waals surface area contributed by atoms with E-state index in [1.807, 2.05) is 12.3 Å². The maximum atomic E-state index is 4.62. The van der Waals surface area contributed by atoms with Gasteiger partial charge in [0.1, 0.15) is 0 Å². The molecule has 3 atom stereocenters. The molecule has 1 saturated carbocycles. The number of nitrogens with one attached hydrogen (secondary N) is 1. The third-order valence-corrected chi connectivity index (χ3v) is 5.45. The summed E-state index contributed by atoms with van der Waals surface area (Å²) in [5.74, 6) is 1.66. The first-order chi connectivity index (χ1) is 10.2. The number of nitrogens with zero attached hydrogens (tertiary/aromatic N) is 2. The summed E-state index contributed by atoms with van der Waals surface area (Å²) in [6, 6.07) is 5.57. The van der Waals surface area contributed by atoms with E-state index >= 15 is 0 Å². The van der Waals surface area contributed by atoms with Gasteiger partial charge in [-0.2, -0.15) is 0 Å². The monoisotopic (exact) mass is 287 g/mol. The van der Waals surface area contributed by atoms with Gasteiger partial charge in [-0.1, -0.05) is 26.3 Å². The second-order valence-corrected chi connectivity index (χ2v) is 7.00. The van der Waals surface area contributed by atoms with Crippen molar-refractivity contribution in [1.82, 2.24) is 15.2 Å². The van der Waals surface area contributed by atoms with Crippen LogP contribution in [0.25, 0.3) is 0 Å². The van der Waals surface area contributed by atoms with Crippen LogP contribution in [-0.4, -0.2) is 35.1 Å². The zero-order valence-electron chi connectivity index (χ0n) is 13.7. The first kappa shape index (κ1) is 15.0. The fourth-order valence-corrected chi connectivity index (χ4v) is 3.56. The maximum absolute atomic E-state index is 4.62. The van der Waals surface area contributed by atoms with Crippen LogP contribution in [0.5, 0.6) is 0 Å². The highest BCUT2D eigenvalue weighted by Crippen LogP contribution is 2.35. The Hall–Kier alpha value is -0.930. The molecule has 1 aromatic rings. The van der Waals surface area contributed by atoms with Gasteiger partial charge in [0.15, 0.2) is 0 Å². The first-order valence-corrected chi connectivity index (χ1v) is 8.57. The van der Waals surface area contributed by atoms with E-state index in [9.17, 15) is 0 Å². The number of hydrogen-bond donors (Lipinski definition) is 1. The van der Waals surface area contributed by atoms with Gasteiger partial charge < -0.3 is 5.32 Å². The quantitative estimate of drug-likeness (QED) is 0.902. The molecule has 1 aromatic heterocycles. The number of piperazine rings is 1. The van der Waals surface area contributed by atoms with E-state index in [-0.39, 0.29) is 0 Å². The van der Waals surface area contributed by atoms with Gasteiger partial charge in [0.05, 0.1) is 5.69 Å². The zero-order chi connectivity index (χ0) is 14.8. The molecule has 2 aliphatic rings. The van der Waals surface area contributed by atoms with Crippen LogP contribution in [0.1, 0.15) is 44.4 Å². The van der Waals surface area contributed by atoms with Gasteiger partial charge in [0, 0.05) is 37.9 Å². The van der Waals surface area contributed by atoms with Gasteiger partial charge in [-0.3, -0.25) is 9.88 Å². The summed E-state index contributed by atoms with van der Waals surface area (Å²) in [6.07, 6.45) is 6.02. The summed E-state index contributed by atoms with van der Waals surface area (Å²) < 4.78 is 0. The molecule has 0 amide bonds. The van der Waals surface area contributed by atoms with Crippen molar-refractivity contribution in [1.29, 1.82) is 0 Å². The summed E-state index contributed by atoms with van der Waals surface area (Å²) in [4.78, 5) is 7.31. The normalized spacial score (nSPS) is 28.5.